The second-order valence-electron chi connectivity index (χ2n) is 3.32. The Labute approximate surface area is 90.3 Å². The van der Waals surface area contributed by atoms with Gasteiger partial charge in [-0.1, -0.05) is 24.3 Å². The summed E-state index contributed by atoms with van der Waals surface area (Å²) < 4.78 is 0. The molecule has 1 N–H and O–H groups in total. The highest BCUT2D eigenvalue weighted by Gasteiger charge is 2.17. The van der Waals surface area contributed by atoms with Crippen LogP contribution in [0.5, 0.6) is 0 Å². The molecule has 1 aliphatic rings. The molecule has 0 amide bonds. The summed E-state index contributed by atoms with van der Waals surface area (Å²) in [5.41, 5.74) is 2.69. The molecule has 0 saturated heterocycles. The van der Waals surface area contributed by atoms with Gasteiger partial charge in [0.1, 0.15) is 0 Å². The minimum Gasteiger partial charge on any atom is -0.309 e. The van der Waals surface area contributed by atoms with E-state index in [0.29, 0.717) is 6.42 Å². The SMILES string of the molecule is Cl.N#CCC1NCCc2ccccc21. The molecule has 14 heavy (non-hydrogen) atoms. The Morgan fingerprint density at radius 2 is 2.21 bits per heavy atom. The number of hydrogen-bond donors (Lipinski definition) is 1. The third-order valence-electron chi connectivity index (χ3n) is 2.51. The average molecular weight is 209 g/mol. The standard InChI is InChI=1S/C11H12N2.ClH/c12-7-5-11-10-4-2-1-3-9(10)6-8-13-11;/h1-4,11,13H,5-6,8H2;1H. The molecule has 2 rings (SSSR count). The molecular weight excluding hydrogens is 196 g/mol. The molecule has 0 bridgehead atoms. The van der Waals surface area contributed by atoms with E-state index in [2.05, 4.69) is 29.6 Å². The van der Waals surface area contributed by atoms with Gasteiger partial charge in [0.25, 0.3) is 0 Å². The molecule has 0 saturated carbocycles. The van der Waals surface area contributed by atoms with E-state index in [0.717, 1.165) is 13.0 Å². The largest absolute Gasteiger partial charge is 0.309 e. The molecule has 0 aromatic heterocycles. The van der Waals surface area contributed by atoms with Crippen LogP contribution in [0.1, 0.15) is 23.6 Å². The Morgan fingerprint density at radius 3 is 3.00 bits per heavy atom. The highest BCUT2D eigenvalue weighted by Crippen LogP contribution is 2.24. The highest BCUT2D eigenvalue weighted by molar-refractivity contribution is 5.85. The highest BCUT2D eigenvalue weighted by atomic mass is 35.5. The number of rotatable bonds is 1. The van der Waals surface area contributed by atoms with Crippen molar-refractivity contribution in [3.8, 4) is 6.07 Å². The zero-order valence-corrected chi connectivity index (χ0v) is 8.68. The second-order valence-corrected chi connectivity index (χ2v) is 3.32. The molecule has 1 heterocycles. The van der Waals surface area contributed by atoms with Gasteiger partial charge in [0.05, 0.1) is 12.5 Å². The lowest BCUT2D eigenvalue weighted by molar-refractivity contribution is 0.513. The van der Waals surface area contributed by atoms with Gasteiger partial charge in [-0.15, -0.1) is 12.4 Å². The molecule has 1 aromatic carbocycles. The fourth-order valence-electron chi connectivity index (χ4n) is 1.87. The fourth-order valence-corrected chi connectivity index (χ4v) is 1.87. The van der Waals surface area contributed by atoms with Crippen molar-refractivity contribution in [1.82, 2.24) is 5.32 Å². The van der Waals surface area contributed by atoms with E-state index in [1.54, 1.807) is 0 Å². The molecule has 74 valence electrons. The normalized spacial score (nSPS) is 18.9. The lowest BCUT2D eigenvalue weighted by Crippen LogP contribution is -2.29. The van der Waals surface area contributed by atoms with E-state index in [1.165, 1.54) is 11.1 Å². The lowest BCUT2D eigenvalue weighted by atomic mass is 9.93. The quantitative estimate of drug-likeness (QED) is 0.768. The van der Waals surface area contributed by atoms with E-state index in [-0.39, 0.29) is 18.4 Å². The first-order valence-corrected chi connectivity index (χ1v) is 4.60. The molecule has 0 spiro atoms. The van der Waals surface area contributed by atoms with Crippen molar-refractivity contribution >= 4 is 12.4 Å². The first-order valence-electron chi connectivity index (χ1n) is 4.60. The van der Waals surface area contributed by atoms with Crippen LogP contribution in [0.15, 0.2) is 24.3 Å². The molecular formula is C11H13ClN2. The van der Waals surface area contributed by atoms with E-state index < -0.39 is 0 Å². The summed E-state index contributed by atoms with van der Waals surface area (Å²) in [6.45, 7) is 0.989. The minimum atomic E-state index is 0. The Balaban J connectivity index is 0.000000980. The van der Waals surface area contributed by atoms with Gasteiger partial charge in [-0.3, -0.25) is 0 Å². The van der Waals surface area contributed by atoms with Gasteiger partial charge < -0.3 is 5.32 Å². The monoisotopic (exact) mass is 208 g/mol. The summed E-state index contributed by atoms with van der Waals surface area (Å²) in [5.74, 6) is 0. The maximum atomic E-state index is 8.65. The first-order chi connectivity index (χ1) is 6.42. The molecule has 1 unspecified atom stereocenters. The summed E-state index contributed by atoms with van der Waals surface area (Å²) >= 11 is 0. The van der Waals surface area contributed by atoms with Gasteiger partial charge in [0, 0.05) is 6.04 Å². The average Bonchev–Trinajstić information content (AvgIpc) is 2.19. The predicted molar refractivity (Wildman–Crippen MR) is 58.4 cm³/mol. The summed E-state index contributed by atoms with van der Waals surface area (Å²) in [5, 5.41) is 12.0. The van der Waals surface area contributed by atoms with Crippen molar-refractivity contribution in [3.63, 3.8) is 0 Å². The van der Waals surface area contributed by atoms with E-state index in [1.807, 2.05) is 6.07 Å². The number of nitrogens with one attached hydrogen (secondary N) is 1. The van der Waals surface area contributed by atoms with Crippen LogP contribution >= 0.6 is 12.4 Å². The maximum absolute atomic E-state index is 8.65. The minimum absolute atomic E-state index is 0. The summed E-state index contributed by atoms with van der Waals surface area (Å²) in [4.78, 5) is 0. The van der Waals surface area contributed by atoms with E-state index >= 15 is 0 Å². The van der Waals surface area contributed by atoms with Crippen LogP contribution in [0.4, 0.5) is 0 Å². The first kappa shape index (κ1) is 11.0. The summed E-state index contributed by atoms with van der Waals surface area (Å²) in [6, 6.07) is 10.8. The van der Waals surface area contributed by atoms with Gasteiger partial charge in [-0.05, 0) is 24.1 Å². The molecule has 1 atom stereocenters. The molecule has 0 aliphatic carbocycles. The Bertz CT molecular complexity index is 343. The predicted octanol–water partition coefficient (Wildman–Crippen LogP) is 2.21. The number of benzene rings is 1. The van der Waals surface area contributed by atoms with Crippen molar-refractivity contribution in [1.29, 1.82) is 5.26 Å². The van der Waals surface area contributed by atoms with Crippen molar-refractivity contribution in [3.05, 3.63) is 35.4 Å². The maximum Gasteiger partial charge on any atom is 0.0641 e. The van der Waals surface area contributed by atoms with Crippen LogP contribution in [0.3, 0.4) is 0 Å². The third kappa shape index (κ3) is 2.06. The number of halogens is 1. The van der Waals surface area contributed by atoms with Crippen LogP contribution < -0.4 is 5.32 Å². The third-order valence-corrected chi connectivity index (χ3v) is 2.51. The van der Waals surface area contributed by atoms with Crippen LogP contribution in [-0.2, 0) is 6.42 Å². The zero-order valence-electron chi connectivity index (χ0n) is 7.86. The smallest absolute Gasteiger partial charge is 0.0641 e. The van der Waals surface area contributed by atoms with Crippen LogP contribution in [0.2, 0.25) is 0 Å². The van der Waals surface area contributed by atoms with Gasteiger partial charge in [-0.25, -0.2) is 0 Å². The van der Waals surface area contributed by atoms with Crippen molar-refractivity contribution in [2.24, 2.45) is 0 Å². The summed E-state index contributed by atoms with van der Waals surface area (Å²) in [7, 11) is 0. The number of fused-ring (bicyclic) bond motifs is 1. The van der Waals surface area contributed by atoms with E-state index in [9.17, 15) is 0 Å². The molecule has 2 nitrogen and oxygen atoms in total. The van der Waals surface area contributed by atoms with Gasteiger partial charge in [0.15, 0.2) is 0 Å². The summed E-state index contributed by atoms with van der Waals surface area (Å²) in [6.07, 6.45) is 1.65. The molecule has 0 fully saturated rings. The van der Waals surface area contributed by atoms with Crippen molar-refractivity contribution < 1.29 is 0 Å². The van der Waals surface area contributed by atoms with Crippen molar-refractivity contribution in [2.45, 2.75) is 18.9 Å². The number of nitrogens with zero attached hydrogens (tertiary/aromatic N) is 1. The van der Waals surface area contributed by atoms with Gasteiger partial charge >= 0.3 is 0 Å². The Hall–Kier alpha value is -1.04. The Morgan fingerprint density at radius 1 is 1.43 bits per heavy atom. The van der Waals surface area contributed by atoms with E-state index in [4.69, 9.17) is 5.26 Å². The molecule has 0 radical (unpaired) electrons. The molecule has 1 aliphatic heterocycles. The zero-order chi connectivity index (χ0) is 9.10. The molecule has 1 aromatic rings. The number of hydrogen-bond acceptors (Lipinski definition) is 2. The van der Waals surface area contributed by atoms with Crippen molar-refractivity contribution in [2.75, 3.05) is 6.54 Å². The lowest BCUT2D eigenvalue weighted by Gasteiger charge is -2.24. The number of nitriles is 1. The fraction of sp³-hybridized carbons (Fsp3) is 0.364. The van der Waals surface area contributed by atoms with Crippen LogP contribution in [0.25, 0.3) is 0 Å². The van der Waals surface area contributed by atoms with Crippen LogP contribution in [-0.4, -0.2) is 6.54 Å². The van der Waals surface area contributed by atoms with Gasteiger partial charge in [0.2, 0.25) is 0 Å². The molecule has 3 heteroatoms. The van der Waals surface area contributed by atoms with Gasteiger partial charge in [-0.2, -0.15) is 5.26 Å². The topological polar surface area (TPSA) is 35.8 Å². The Kier molecular flexibility index (Phi) is 3.94. The second kappa shape index (κ2) is 4.99. The van der Waals surface area contributed by atoms with Crippen LogP contribution in [0, 0.1) is 11.3 Å².